The van der Waals surface area contributed by atoms with Gasteiger partial charge in [0.05, 0.1) is 0 Å². The highest BCUT2D eigenvalue weighted by Crippen LogP contribution is 2.45. The molecule has 0 N–H and O–H groups in total. The van der Waals surface area contributed by atoms with Gasteiger partial charge in [0.15, 0.2) is 0 Å². The Hall–Kier alpha value is -1.42. The molecule has 0 fully saturated rings. The van der Waals surface area contributed by atoms with E-state index in [1.807, 2.05) is 0 Å². The Morgan fingerprint density at radius 1 is 0.765 bits per heavy atom. The zero-order valence-electron chi connectivity index (χ0n) is 9.94. The van der Waals surface area contributed by atoms with Crippen molar-refractivity contribution < 1.29 is 8.85 Å². The Morgan fingerprint density at radius 3 is 2.12 bits per heavy atom. The molecule has 0 bridgehead atoms. The number of rotatable bonds is 3. The molecular weight excluding hydrogens is 228 g/mol. The molecule has 2 aromatic carbocycles. The van der Waals surface area contributed by atoms with Crippen LogP contribution in [-0.2, 0) is 8.85 Å². The van der Waals surface area contributed by atoms with E-state index in [0.717, 1.165) is 0 Å². The van der Waals surface area contributed by atoms with Crippen LogP contribution in [0.2, 0.25) is 0 Å². The van der Waals surface area contributed by atoms with Crippen molar-refractivity contribution in [3.63, 3.8) is 0 Å². The summed E-state index contributed by atoms with van der Waals surface area (Å²) < 4.78 is 11.0. The van der Waals surface area contributed by atoms with Gasteiger partial charge in [-0.15, -0.1) is 0 Å². The Labute approximate surface area is 103 Å². The van der Waals surface area contributed by atoms with Gasteiger partial charge >= 0.3 is 9.28 Å². The minimum Gasteiger partial charge on any atom is -0.397 e. The van der Waals surface area contributed by atoms with Crippen LogP contribution in [0.3, 0.4) is 0 Å². The van der Waals surface area contributed by atoms with E-state index in [1.165, 1.54) is 27.4 Å². The highest BCUT2D eigenvalue weighted by Gasteiger charge is 2.28. The number of hydrogen-bond donors (Lipinski definition) is 0. The number of hydrogen-bond acceptors (Lipinski definition) is 2. The van der Waals surface area contributed by atoms with Crippen LogP contribution < -0.4 is 5.19 Å². The Kier molecular flexibility index (Phi) is 2.59. The standard InChI is InChI=1S/C14H14O2Si/c1-15-17(16-2)13-9-5-8-12-10-6-3-4-7-11(10)14(12)13/h3-9,17H,1-2H3. The average Bonchev–Trinajstić information content (AvgIpc) is 2.37. The van der Waals surface area contributed by atoms with Gasteiger partial charge in [0.1, 0.15) is 0 Å². The van der Waals surface area contributed by atoms with E-state index >= 15 is 0 Å². The molecule has 0 amide bonds. The molecule has 3 heteroatoms. The fourth-order valence-electron chi connectivity index (χ4n) is 2.52. The first-order chi connectivity index (χ1) is 8.36. The van der Waals surface area contributed by atoms with Gasteiger partial charge in [-0.1, -0.05) is 42.5 Å². The van der Waals surface area contributed by atoms with Gasteiger partial charge in [0.25, 0.3) is 0 Å². The largest absolute Gasteiger partial charge is 0.397 e. The molecule has 17 heavy (non-hydrogen) atoms. The molecule has 0 saturated heterocycles. The second-order valence-corrected chi connectivity index (χ2v) is 6.35. The lowest BCUT2D eigenvalue weighted by Gasteiger charge is -2.28. The summed E-state index contributed by atoms with van der Waals surface area (Å²) in [7, 11) is 1.73. The average molecular weight is 242 g/mol. The van der Waals surface area contributed by atoms with Crippen molar-refractivity contribution in [1.29, 1.82) is 0 Å². The molecule has 0 spiro atoms. The Morgan fingerprint density at radius 2 is 1.41 bits per heavy atom. The SMILES string of the molecule is CO[SiH](OC)c1cccc2c1-c1ccccc1-2. The quantitative estimate of drug-likeness (QED) is 0.655. The van der Waals surface area contributed by atoms with Crippen LogP contribution in [0, 0.1) is 0 Å². The van der Waals surface area contributed by atoms with E-state index < -0.39 is 9.28 Å². The van der Waals surface area contributed by atoms with Crippen molar-refractivity contribution in [3.05, 3.63) is 42.5 Å². The maximum atomic E-state index is 5.49. The molecule has 1 aliphatic carbocycles. The summed E-state index contributed by atoms with van der Waals surface area (Å²) in [4.78, 5) is 0. The third-order valence-electron chi connectivity index (χ3n) is 3.27. The summed E-state index contributed by atoms with van der Waals surface area (Å²) in [6, 6.07) is 14.9. The molecule has 0 heterocycles. The van der Waals surface area contributed by atoms with Crippen molar-refractivity contribution >= 4 is 14.5 Å². The van der Waals surface area contributed by atoms with E-state index in [9.17, 15) is 0 Å². The molecule has 0 unspecified atom stereocenters. The van der Waals surface area contributed by atoms with Gasteiger partial charge in [-0.2, -0.15) is 0 Å². The summed E-state index contributed by atoms with van der Waals surface area (Å²) in [6.45, 7) is 0. The fourth-order valence-corrected chi connectivity index (χ4v) is 4.03. The van der Waals surface area contributed by atoms with Crippen LogP contribution in [0.25, 0.3) is 22.3 Å². The predicted octanol–water partition coefficient (Wildman–Crippen LogP) is 2.05. The van der Waals surface area contributed by atoms with Crippen LogP contribution in [0.15, 0.2) is 42.5 Å². The molecule has 0 aliphatic heterocycles. The molecule has 2 nitrogen and oxygen atoms in total. The first kappa shape index (κ1) is 10.7. The minimum absolute atomic E-state index is 1.24. The molecule has 86 valence electrons. The number of fused-ring (bicyclic) bond motifs is 4. The molecule has 0 radical (unpaired) electrons. The van der Waals surface area contributed by atoms with E-state index in [0.29, 0.717) is 0 Å². The minimum atomic E-state index is -1.73. The highest BCUT2D eigenvalue weighted by atomic mass is 28.3. The second kappa shape index (κ2) is 4.11. The van der Waals surface area contributed by atoms with Gasteiger partial charge in [0.2, 0.25) is 0 Å². The van der Waals surface area contributed by atoms with E-state index in [2.05, 4.69) is 42.5 Å². The van der Waals surface area contributed by atoms with Gasteiger partial charge < -0.3 is 8.85 Å². The lowest BCUT2D eigenvalue weighted by molar-refractivity contribution is 0.292. The van der Waals surface area contributed by atoms with Crippen molar-refractivity contribution in [1.82, 2.24) is 0 Å². The monoisotopic (exact) mass is 242 g/mol. The van der Waals surface area contributed by atoms with E-state index in [1.54, 1.807) is 14.2 Å². The lowest BCUT2D eigenvalue weighted by Crippen LogP contribution is -2.37. The van der Waals surface area contributed by atoms with Crippen LogP contribution in [0.5, 0.6) is 0 Å². The summed E-state index contributed by atoms with van der Waals surface area (Å²) in [5, 5.41) is 1.24. The third kappa shape index (κ3) is 1.47. The van der Waals surface area contributed by atoms with Crippen molar-refractivity contribution in [3.8, 4) is 22.3 Å². The lowest BCUT2D eigenvalue weighted by atomic mass is 9.81. The van der Waals surface area contributed by atoms with Gasteiger partial charge in [-0.05, 0) is 27.4 Å². The van der Waals surface area contributed by atoms with Gasteiger partial charge in [-0.3, -0.25) is 0 Å². The van der Waals surface area contributed by atoms with Gasteiger partial charge in [0, 0.05) is 14.2 Å². The van der Waals surface area contributed by atoms with E-state index in [4.69, 9.17) is 8.85 Å². The van der Waals surface area contributed by atoms with Crippen LogP contribution in [-0.4, -0.2) is 23.5 Å². The molecular formula is C14H14O2Si. The van der Waals surface area contributed by atoms with Crippen molar-refractivity contribution in [2.75, 3.05) is 14.2 Å². The molecule has 0 saturated carbocycles. The molecule has 0 atom stereocenters. The molecule has 2 aromatic rings. The Bertz CT molecular complexity index is 562. The smallest absolute Gasteiger partial charge is 0.355 e. The number of benzene rings is 2. The zero-order chi connectivity index (χ0) is 11.8. The first-order valence-corrected chi connectivity index (χ1v) is 7.17. The summed E-state index contributed by atoms with van der Waals surface area (Å²) >= 11 is 0. The second-order valence-electron chi connectivity index (χ2n) is 4.12. The topological polar surface area (TPSA) is 18.5 Å². The maximum absolute atomic E-state index is 5.49. The zero-order valence-corrected chi connectivity index (χ0v) is 11.1. The van der Waals surface area contributed by atoms with Crippen LogP contribution in [0.1, 0.15) is 0 Å². The third-order valence-corrected chi connectivity index (χ3v) is 5.11. The van der Waals surface area contributed by atoms with Crippen molar-refractivity contribution in [2.24, 2.45) is 0 Å². The Balaban J connectivity index is 2.14. The molecule has 0 aromatic heterocycles. The van der Waals surface area contributed by atoms with Crippen LogP contribution in [0.4, 0.5) is 0 Å². The van der Waals surface area contributed by atoms with Crippen molar-refractivity contribution in [2.45, 2.75) is 0 Å². The van der Waals surface area contributed by atoms with E-state index in [-0.39, 0.29) is 0 Å². The normalized spacial score (nSPS) is 11.9. The molecule has 1 aliphatic rings. The summed E-state index contributed by atoms with van der Waals surface area (Å²) in [5.41, 5.74) is 5.31. The maximum Gasteiger partial charge on any atom is 0.355 e. The highest BCUT2D eigenvalue weighted by molar-refractivity contribution is 6.63. The van der Waals surface area contributed by atoms with Gasteiger partial charge in [-0.25, -0.2) is 0 Å². The summed E-state index contributed by atoms with van der Waals surface area (Å²) in [5.74, 6) is 0. The first-order valence-electron chi connectivity index (χ1n) is 5.65. The summed E-state index contributed by atoms with van der Waals surface area (Å²) in [6.07, 6.45) is 0. The predicted molar refractivity (Wildman–Crippen MR) is 71.7 cm³/mol. The fraction of sp³-hybridized carbons (Fsp3) is 0.143. The molecule has 3 rings (SSSR count). The van der Waals surface area contributed by atoms with Crippen LogP contribution >= 0.6 is 0 Å².